The molecule has 0 aliphatic heterocycles. The van der Waals surface area contributed by atoms with Gasteiger partial charge in [0.25, 0.3) is 0 Å². The molecule has 0 saturated heterocycles. The van der Waals surface area contributed by atoms with E-state index in [1.807, 2.05) is 24.3 Å². The van der Waals surface area contributed by atoms with Gasteiger partial charge in [-0.3, -0.25) is 9.78 Å². The van der Waals surface area contributed by atoms with Crippen LogP contribution in [0.25, 0.3) is 11.1 Å². The molecular weight excluding hydrogens is 462 g/mol. The lowest BCUT2D eigenvalue weighted by Crippen LogP contribution is -2.28. The maximum absolute atomic E-state index is 13.1. The van der Waals surface area contributed by atoms with Gasteiger partial charge in [0.05, 0.1) is 5.69 Å². The number of aromatic nitrogens is 1. The fraction of sp³-hybridized carbons (Fsp3) is 0.0385. The van der Waals surface area contributed by atoms with Crippen LogP contribution in [0.1, 0.15) is 15.9 Å². The fourth-order valence-electron chi connectivity index (χ4n) is 3.35. The summed E-state index contributed by atoms with van der Waals surface area (Å²) in [6.07, 6.45) is 3.36. The number of nitrogens with one attached hydrogen (secondary N) is 3. The summed E-state index contributed by atoms with van der Waals surface area (Å²) in [5.74, 6) is -0.525. The quantitative estimate of drug-likeness (QED) is 0.276. The highest BCUT2D eigenvalue weighted by Gasteiger charge is 2.18. The topological polar surface area (TPSA) is 132 Å². The average molecular weight is 486 g/mol. The molecule has 4 rings (SSSR count). The molecule has 8 nitrogen and oxygen atoms in total. The second-order valence-corrected chi connectivity index (χ2v) is 8.74. The van der Waals surface area contributed by atoms with Crippen LogP contribution in [0.15, 0.2) is 102 Å². The molecule has 0 radical (unpaired) electrons. The predicted molar refractivity (Wildman–Crippen MR) is 137 cm³/mol. The van der Waals surface area contributed by atoms with Crippen LogP contribution in [0.4, 0.5) is 16.2 Å². The highest BCUT2D eigenvalue weighted by Crippen LogP contribution is 2.29. The lowest BCUT2D eigenvalue weighted by molar-refractivity contribution is 0.100. The summed E-state index contributed by atoms with van der Waals surface area (Å²) < 4.78 is 16.1. The molecule has 0 aliphatic carbocycles. The van der Waals surface area contributed by atoms with Crippen LogP contribution < -0.4 is 21.1 Å². The zero-order chi connectivity index (χ0) is 24.6. The van der Waals surface area contributed by atoms with Gasteiger partial charge in [-0.1, -0.05) is 30.3 Å². The van der Waals surface area contributed by atoms with Gasteiger partial charge >= 0.3 is 6.03 Å². The summed E-state index contributed by atoms with van der Waals surface area (Å²) in [7, 11) is 0. The molecule has 3 amide bonds. The third kappa shape index (κ3) is 6.38. The van der Waals surface area contributed by atoms with E-state index < -0.39 is 17.3 Å². The highest BCUT2D eigenvalue weighted by molar-refractivity contribution is 7.92. The first-order valence-corrected chi connectivity index (χ1v) is 11.9. The van der Waals surface area contributed by atoms with Crippen molar-refractivity contribution in [1.82, 2.24) is 10.3 Å². The van der Waals surface area contributed by atoms with Gasteiger partial charge in [0.1, 0.15) is 11.4 Å². The minimum atomic E-state index is -1.58. The number of benzene rings is 3. The molecule has 0 spiro atoms. The Morgan fingerprint density at radius 1 is 0.914 bits per heavy atom. The third-order valence-corrected chi connectivity index (χ3v) is 6.25. The number of pyridine rings is 1. The van der Waals surface area contributed by atoms with Gasteiger partial charge in [0.15, 0.2) is 4.90 Å². The second-order valence-electron chi connectivity index (χ2n) is 7.56. The van der Waals surface area contributed by atoms with E-state index in [4.69, 9.17) is 5.73 Å². The van der Waals surface area contributed by atoms with Gasteiger partial charge in [0.2, 0.25) is 5.91 Å². The zero-order valence-electron chi connectivity index (χ0n) is 18.6. The van der Waals surface area contributed by atoms with Gasteiger partial charge in [-0.2, -0.15) is 0 Å². The van der Waals surface area contributed by atoms with Crippen molar-refractivity contribution < 1.29 is 14.1 Å². The predicted octanol–water partition coefficient (Wildman–Crippen LogP) is 4.30. The van der Waals surface area contributed by atoms with Crippen LogP contribution in [0.2, 0.25) is 0 Å². The number of hydrogen-bond acceptors (Lipinski definition) is 5. The van der Waals surface area contributed by atoms with Crippen LogP contribution in [-0.2, 0) is 17.9 Å². The number of primary amides is 1. The lowest BCUT2D eigenvalue weighted by atomic mass is 10.0. The van der Waals surface area contributed by atoms with Crippen LogP contribution in [0.3, 0.4) is 0 Å². The molecule has 0 bridgehead atoms. The van der Waals surface area contributed by atoms with E-state index in [9.17, 15) is 14.1 Å². The largest absolute Gasteiger partial charge is 0.588 e. The van der Waals surface area contributed by atoms with Gasteiger partial charge in [-0.15, -0.1) is 0 Å². The van der Waals surface area contributed by atoms with Crippen LogP contribution in [-0.4, -0.2) is 21.5 Å². The highest BCUT2D eigenvalue weighted by atomic mass is 32.2. The Kier molecular flexibility index (Phi) is 7.61. The molecule has 9 heteroatoms. The van der Waals surface area contributed by atoms with E-state index in [0.717, 1.165) is 16.7 Å². The number of rotatable bonds is 8. The molecule has 1 aromatic heterocycles. The van der Waals surface area contributed by atoms with E-state index in [1.165, 1.54) is 0 Å². The van der Waals surface area contributed by atoms with Gasteiger partial charge in [-0.25, -0.2) is 9.52 Å². The number of carbonyl (C=O) groups excluding carboxylic acids is 2. The Hall–Kier alpha value is -4.34. The third-order valence-electron chi connectivity index (χ3n) is 5.07. The maximum atomic E-state index is 13.1. The standard InChI is InChI=1S/C26H23N5O3S/c27-25(32)20-7-3-6-19(15-20)23-8-1-2-9-24(23)35(34)31-22-12-10-21(11-13-22)30-26(33)29-17-18-5-4-14-28-16-18/h1-16,31H,17H2,(H2,27,32)(H2,29,30,33). The molecule has 1 atom stereocenters. The molecule has 1 unspecified atom stereocenters. The zero-order valence-corrected chi connectivity index (χ0v) is 19.4. The molecule has 1 heterocycles. The van der Waals surface area contributed by atoms with Crippen molar-refractivity contribution in [2.75, 3.05) is 10.0 Å². The van der Waals surface area contributed by atoms with Crippen molar-refractivity contribution >= 4 is 34.7 Å². The molecule has 4 aromatic rings. The maximum Gasteiger partial charge on any atom is 0.319 e. The van der Waals surface area contributed by atoms with Crippen LogP contribution in [0.5, 0.6) is 0 Å². The molecular formula is C26H23N5O3S. The number of anilines is 2. The normalized spacial score (nSPS) is 11.3. The summed E-state index contributed by atoms with van der Waals surface area (Å²) in [6, 6.07) is 24.4. The monoisotopic (exact) mass is 485 g/mol. The first kappa shape index (κ1) is 23.8. The molecule has 0 aliphatic rings. The fourth-order valence-corrected chi connectivity index (χ4v) is 4.40. The van der Waals surface area contributed by atoms with E-state index in [2.05, 4.69) is 20.3 Å². The second kappa shape index (κ2) is 11.2. The summed E-state index contributed by atoms with van der Waals surface area (Å²) in [5.41, 5.74) is 9.35. The van der Waals surface area contributed by atoms with Crippen molar-refractivity contribution in [2.45, 2.75) is 11.4 Å². The number of amides is 3. The smallest absolute Gasteiger partial charge is 0.319 e. The summed E-state index contributed by atoms with van der Waals surface area (Å²) in [5, 5.41) is 5.52. The number of nitrogens with zero attached hydrogens (tertiary/aromatic N) is 1. The van der Waals surface area contributed by atoms with Crippen molar-refractivity contribution in [3.63, 3.8) is 0 Å². The van der Waals surface area contributed by atoms with Gasteiger partial charge in [0, 0.05) is 35.8 Å². The summed E-state index contributed by atoms with van der Waals surface area (Å²) >= 11 is -1.58. The van der Waals surface area contributed by atoms with Crippen molar-refractivity contribution in [1.29, 1.82) is 0 Å². The number of carbonyl (C=O) groups is 2. The minimum Gasteiger partial charge on any atom is -0.588 e. The molecule has 5 N–H and O–H groups in total. The van der Waals surface area contributed by atoms with E-state index in [1.54, 1.807) is 73.1 Å². The van der Waals surface area contributed by atoms with Gasteiger partial charge < -0.3 is 20.9 Å². The minimum absolute atomic E-state index is 0.342. The number of nitrogens with two attached hydrogens (primary N) is 1. The molecule has 0 fully saturated rings. The SMILES string of the molecule is NC(=O)c1cccc(-c2ccccc2[S+]([O-])Nc2ccc(NC(=O)NCc3cccnc3)cc2)c1. The van der Waals surface area contributed by atoms with Gasteiger partial charge in [-0.05, 0) is 65.7 Å². The Balaban J connectivity index is 1.40. The molecule has 0 saturated carbocycles. The first-order chi connectivity index (χ1) is 17.0. The molecule has 3 aromatic carbocycles. The number of urea groups is 1. The Morgan fingerprint density at radius 3 is 2.43 bits per heavy atom. The Morgan fingerprint density at radius 2 is 1.69 bits per heavy atom. The summed E-state index contributed by atoms with van der Waals surface area (Å²) in [4.78, 5) is 28.3. The lowest BCUT2D eigenvalue weighted by Gasteiger charge is -2.15. The van der Waals surface area contributed by atoms with Crippen molar-refractivity contribution in [3.8, 4) is 11.1 Å². The van der Waals surface area contributed by atoms with Crippen LogP contribution in [0, 0.1) is 0 Å². The van der Waals surface area contributed by atoms with Crippen molar-refractivity contribution in [2.24, 2.45) is 5.73 Å². The van der Waals surface area contributed by atoms with Crippen LogP contribution >= 0.6 is 0 Å². The van der Waals surface area contributed by atoms with E-state index in [-0.39, 0.29) is 6.03 Å². The van der Waals surface area contributed by atoms with E-state index >= 15 is 0 Å². The molecule has 35 heavy (non-hydrogen) atoms. The van der Waals surface area contributed by atoms with E-state index in [0.29, 0.717) is 28.4 Å². The molecule has 176 valence electrons. The van der Waals surface area contributed by atoms with Crippen molar-refractivity contribution in [3.05, 3.63) is 108 Å². The summed E-state index contributed by atoms with van der Waals surface area (Å²) in [6.45, 7) is 0.361. The first-order valence-electron chi connectivity index (χ1n) is 10.7. The Bertz CT molecular complexity index is 1320. The number of hydrogen-bond donors (Lipinski definition) is 4. The Labute approximate surface area is 205 Å². The average Bonchev–Trinajstić information content (AvgIpc) is 2.89.